The Bertz CT molecular complexity index is 4930. The summed E-state index contributed by atoms with van der Waals surface area (Å²) in [7, 11) is 0. The van der Waals surface area contributed by atoms with Crippen LogP contribution in [0.5, 0.6) is 0 Å². The van der Waals surface area contributed by atoms with Crippen molar-refractivity contribution in [1.29, 1.82) is 0 Å². The molecule has 0 saturated heterocycles. The molecular formula is C75H46N2S2. The van der Waals surface area contributed by atoms with Gasteiger partial charge in [-0.3, -0.25) is 0 Å². The Morgan fingerprint density at radius 3 is 1.27 bits per heavy atom. The van der Waals surface area contributed by atoms with Crippen molar-refractivity contribution in [3.63, 3.8) is 0 Å². The van der Waals surface area contributed by atoms with Crippen LogP contribution in [0.2, 0.25) is 0 Å². The van der Waals surface area contributed by atoms with E-state index in [2.05, 4.69) is 289 Å². The molecule has 0 unspecified atom stereocenters. The maximum Gasteiger partial charge on any atom is 0.0737 e. The van der Waals surface area contributed by atoms with Crippen LogP contribution in [0.4, 0.5) is 34.1 Å². The molecule has 0 saturated carbocycles. The summed E-state index contributed by atoms with van der Waals surface area (Å²) >= 11 is 3.74. The molecule has 2 aromatic heterocycles. The monoisotopic (exact) mass is 1040 g/mol. The van der Waals surface area contributed by atoms with Crippen LogP contribution in [0, 0.1) is 0 Å². The zero-order valence-corrected chi connectivity index (χ0v) is 44.4. The van der Waals surface area contributed by atoms with Crippen molar-refractivity contribution in [2.75, 3.05) is 9.80 Å². The van der Waals surface area contributed by atoms with Gasteiger partial charge in [0.2, 0.25) is 0 Å². The minimum atomic E-state index is -0.554. The third kappa shape index (κ3) is 6.44. The van der Waals surface area contributed by atoms with Crippen molar-refractivity contribution >= 4 is 119 Å². The van der Waals surface area contributed by atoms with Crippen molar-refractivity contribution in [1.82, 2.24) is 0 Å². The average Bonchev–Trinajstić information content (AvgIpc) is 2.29. The van der Waals surface area contributed by atoms with E-state index >= 15 is 0 Å². The van der Waals surface area contributed by atoms with Crippen molar-refractivity contribution in [3.05, 3.63) is 301 Å². The Balaban J connectivity index is 0.821. The van der Waals surface area contributed by atoms with Crippen LogP contribution in [0.15, 0.2) is 279 Å². The van der Waals surface area contributed by atoms with Crippen molar-refractivity contribution in [2.24, 2.45) is 0 Å². The largest absolute Gasteiger partial charge is 0.309 e. The van der Waals surface area contributed by atoms with Gasteiger partial charge in [0.1, 0.15) is 0 Å². The molecule has 13 aromatic carbocycles. The lowest BCUT2D eigenvalue weighted by molar-refractivity contribution is 0.809. The smallest absolute Gasteiger partial charge is 0.0737 e. The minimum Gasteiger partial charge on any atom is -0.309 e. The Morgan fingerprint density at radius 2 is 0.696 bits per heavy atom. The molecule has 2 nitrogen and oxygen atoms in total. The molecule has 0 aliphatic heterocycles. The first-order valence-corrected chi connectivity index (χ1v) is 28.8. The maximum absolute atomic E-state index is 2.46. The van der Waals surface area contributed by atoms with Crippen LogP contribution in [0.25, 0.3) is 95.3 Å². The van der Waals surface area contributed by atoms with E-state index in [-0.39, 0.29) is 0 Å². The number of hydrogen-bond donors (Lipinski definition) is 0. The molecule has 0 bridgehead atoms. The summed E-state index contributed by atoms with van der Waals surface area (Å²) in [4.78, 5) is 4.87. The number of anilines is 6. The number of para-hydroxylation sites is 2. The predicted molar refractivity (Wildman–Crippen MR) is 338 cm³/mol. The molecule has 0 atom stereocenters. The Hall–Kier alpha value is -9.58. The van der Waals surface area contributed by atoms with E-state index in [1.165, 1.54) is 129 Å². The van der Waals surface area contributed by atoms with E-state index in [1.54, 1.807) is 0 Å². The fourth-order valence-corrected chi connectivity index (χ4v) is 16.2. The summed E-state index contributed by atoms with van der Waals surface area (Å²) < 4.78 is 5.18. The van der Waals surface area contributed by atoms with Gasteiger partial charge >= 0.3 is 0 Å². The highest BCUT2D eigenvalue weighted by atomic mass is 32.1. The lowest BCUT2D eigenvalue weighted by Crippen LogP contribution is -2.26. The summed E-state index contributed by atoms with van der Waals surface area (Å²) in [5.74, 6) is 0. The number of nitrogens with zero attached hydrogens (tertiary/aromatic N) is 2. The van der Waals surface area contributed by atoms with Crippen LogP contribution < -0.4 is 9.80 Å². The molecule has 2 aliphatic carbocycles. The molecule has 4 heteroatoms. The van der Waals surface area contributed by atoms with Crippen LogP contribution in [-0.4, -0.2) is 0 Å². The second-order valence-electron chi connectivity index (χ2n) is 21.1. The van der Waals surface area contributed by atoms with Crippen LogP contribution in [-0.2, 0) is 5.41 Å². The van der Waals surface area contributed by atoms with E-state index < -0.39 is 5.41 Å². The highest BCUT2D eigenvalue weighted by Crippen LogP contribution is 2.65. The predicted octanol–water partition coefficient (Wildman–Crippen LogP) is 21.7. The van der Waals surface area contributed by atoms with Crippen LogP contribution in [0.3, 0.4) is 0 Å². The molecule has 2 aliphatic rings. The zero-order chi connectivity index (χ0) is 51.8. The first kappa shape index (κ1) is 44.5. The first-order chi connectivity index (χ1) is 39.2. The van der Waals surface area contributed by atoms with E-state index in [0.29, 0.717) is 0 Å². The summed E-state index contributed by atoms with van der Waals surface area (Å²) in [6.45, 7) is 0. The zero-order valence-electron chi connectivity index (χ0n) is 42.8. The molecule has 368 valence electrons. The summed E-state index contributed by atoms with van der Waals surface area (Å²) in [6.07, 6.45) is 0. The molecule has 0 radical (unpaired) electrons. The lowest BCUT2D eigenvalue weighted by Gasteiger charge is -2.33. The molecule has 15 aromatic rings. The van der Waals surface area contributed by atoms with Crippen LogP contribution in [0.1, 0.15) is 22.3 Å². The van der Waals surface area contributed by atoms with E-state index in [0.717, 1.165) is 22.7 Å². The van der Waals surface area contributed by atoms with Gasteiger partial charge in [0.05, 0.1) is 26.2 Å². The average molecular weight is 1040 g/mol. The fraction of sp³-hybridized carbons (Fsp3) is 0.0133. The van der Waals surface area contributed by atoms with Gasteiger partial charge in [0.25, 0.3) is 0 Å². The third-order valence-electron chi connectivity index (χ3n) is 17.0. The van der Waals surface area contributed by atoms with Gasteiger partial charge in [-0.25, -0.2) is 0 Å². The number of hydrogen-bond acceptors (Lipinski definition) is 4. The molecule has 17 rings (SSSR count). The maximum atomic E-state index is 2.46. The first-order valence-electron chi connectivity index (χ1n) is 27.1. The molecule has 0 N–H and O–H groups in total. The SMILES string of the molecule is c1ccc(N(c2ccc(-c3ccc4c5c(ccc4c3)-c3ccc4cc(N(c6ccccc6)c6cccc7c6sc6ccccc67)ccc4c3C53c4ccccc4-c4ccccc43)cc2)c2cccc3c2sc2ccccc23)cc1. The number of fused-ring (bicyclic) bond motifs is 20. The molecule has 0 amide bonds. The minimum absolute atomic E-state index is 0.554. The standard InChI is InChI=1S/C75H46N2S2/c1-3-17-51(18-4-1)76(67-29-15-25-63-59-23-9-13-31-69(59)78-73(63)67)53-38-33-47(34-39-53)48-35-41-55-49(45-48)36-42-61-62-43-37-50-46-54(77(52-19-5-2-6-20-52)68-30-16-26-64-60-24-10-14-32-70(60)79-74(64)68)40-44-56(50)72(62)75(71(55)61)65-27-11-7-21-57(65)58-22-8-12-28-66(58)75/h1-46H. The van der Waals surface area contributed by atoms with Gasteiger partial charge in [-0.2, -0.15) is 0 Å². The summed E-state index contributed by atoms with van der Waals surface area (Å²) in [5.41, 5.74) is 19.3. The molecule has 0 fully saturated rings. The Morgan fingerprint density at radius 1 is 0.266 bits per heavy atom. The highest BCUT2D eigenvalue weighted by Gasteiger charge is 2.53. The van der Waals surface area contributed by atoms with Crippen molar-refractivity contribution in [3.8, 4) is 33.4 Å². The molecular weight excluding hydrogens is 993 g/mol. The van der Waals surface area contributed by atoms with E-state index in [9.17, 15) is 0 Å². The quantitative estimate of drug-likeness (QED) is 0.157. The van der Waals surface area contributed by atoms with Gasteiger partial charge in [0, 0.05) is 53.7 Å². The number of thiophene rings is 2. The van der Waals surface area contributed by atoms with Gasteiger partial charge in [-0.1, -0.05) is 200 Å². The van der Waals surface area contributed by atoms with E-state index in [1.807, 2.05) is 22.7 Å². The second kappa shape index (κ2) is 17.2. The van der Waals surface area contributed by atoms with Gasteiger partial charge in [0.15, 0.2) is 0 Å². The van der Waals surface area contributed by atoms with Crippen molar-refractivity contribution < 1.29 is 0 Å². The Labute approximate surface area is 465 Å². The molecule has 79 heavy (non-hydrogen) atoms. The topological polar surface area (TPSA) is 6.48 Å². The summed E-state index contributed by atoms with van der Waals surface area (Å²) in [6, 6.07) is 104. The fourth-order valence-electron chi connectivity index (χ4n) is 13.7. The van der Waals surface area contributed by atoms with Crippen molar-refractivity contribution in [2.45, 2.75) is 5.41 Å². The Kier molecular flexibility index (Phi) is 9.70. The summed E-state index contributed by atoms with van der Waals surface area (Å²) in [5, 5.41) is 10.2. The third-order valence-corrected chi connectivity index (χ3v) is 19.4. The second-order valence-corrected chi connectivity index (χ2v) is 23.2. The molecule has 2 heterocycles. The highest BCUT2D eigenvalue weighted by molar-refractivity contribution is 7.26. The van der Waals surface area contributed by atoms with Gasteiger partial charge < -0.3 is 9.80 Å². The van der Waals surface area contributed by atoms with Gasteiger partial charge in [-0.05, 0) is 156 Å². The normalized spacial score (nSPS) is 12.9. The van der Waals surface area contributed by atoms with Gasteiger partial charge in [-0.15, -0.1) is 22.7 Å². The van der Waals surface area contributed by atoms with Crippen LogP contribution >= 0.6 is 22.7 Å². The molecule has 1 spiro atoms. The lowest BCUT2D eigenvalue weighted by atomic mass is 9.68. The number of rotatable bonds is 7. The van der Waals surface area contributed by atoms with E-state index in [4.69, 9.17) is 0 Å². The number of benzene rings is 13.